The minimum absolute atomic E-state index is 0.0462. The van der Waals surface area contributed by atoms with Crippen LogP contribution >= 0.6 is 35.0 Å². The molecule has 0 aliphatic heterocycles. The van der Waals surface area contributed by atoms with Gasteiger partial charge in [0, 0.05) is 16.7 Å². The van der Waals surface area contributed by atoms with E-state index in [0.29, 0.717) is 33.6 Å². The summed E-state index contributed by atoms with van der Waals surface area (Å²) in [6.45, 7) is -0.0511. The highest BCUT2D eigenvalue weighted by molar-refractivity contribution is 7.99. The predicted octanol–water partition coefficient (Wildman–Crippen LogP) is 6.27. The lowest BCUT2D eigenvalue weighted by Gasteiger charge is -2.13. The number of halogens is 5. The SMILES string of the molecule is COc1cc(OC)cc(C(=O)NCc2nnc(SCC(=O)Nc3cc(C(F)(F)F)ccc3Cl)n2-c2cccc(Cl)c2)c1. The molecule has 4 rings (SSSR count). The van der Waals surface area contributed by atoms with Crippen LogP contribution in [-0.4, -0.2) is 46.6 Å². The molecule has 0 radical (unpaired) electrons. The first-order chi connectivity index (χ1) is 20.0. The minimum Gasteiger partial charge on any atom is -0.497 e. The predicted molar refractivity (Wildman–Crippen MR) is 153 cm³/mol. The molecule has 2 amide bonds. The zero-order valence-electron chi connectivity index (χ0n) is 22.0. The van der Waals surface area contributed by atoms with Crippen molar-refractivity contribution >= 4 is 52.5 Å². The topological polar surface area (TPSA) is 107 Å². The summed E-state index contributed by atoms with van der Waals surface area (Å²) in [5.74, 6) is -0.0938. The fraction of sp³-hybridized carbons (Fsp3) is 0.185. The van der Waals surface area contributed by atoms with Gasteiger partial charge in [-0.2, -0.15) is 13.2 Å². The Morgan fingerprint density at radius 1 is 0.976 bits per heavy atom. The van der Waals surface area contributed by atoms with Gasteiger partial charge in [0.25, 0.3) is 5.91 Å². The van der Waals surface area contributed by atoms with Crippen molar-refractivity contribution < 1.29 is 32.2 Å². The van der Waals surface area contributed by atoms with E-state index >= 15 is 0 Å². The van der Waals surface area contributed by atoms with E-state index < -0.39 is 23.6 Å². The Bertz CT molecular complexity index is 1590. The number of carbonyl (C=O) groups is 2. The number of hydrogen-bond acceptors (Lipinski definition) is 7. The molecule has 0 spiro atoms. The monoisotopic (exact) mass is 639 g/mol. The maximum atomic E-state index is 13.1. The number of methoxy groups -OCH3 is 2. The van der Waals surface area contributed by atoms with Crippen LogP contribution in [0.4, 0.5) is 18.9 Å². The smallest absolute Gasteiger partial charge is 0.416 e. The van der Waals surface area contributed by atoms with Gasteiger partial charge in [0.2, 0.25) is 5.91 Å². The quantitative estimate of drug-likeness (QED) is 0.197. The van der Waals surface area contributed by atoms with E-state index in [1.54, 1.807) is 47.0 Å². The van der Waals surface area contributed by atoms with Crippen molar-refractivity contribution in [3.05, 3.63) is 87.7 Å². The van der Waals surface area contributed by atoms with Gasteiger partial charge in [-0.1, -0.05) is 41.0 Å². The van der Waals surface area contributed by atoms with Gasteiger partial charge in [0.1, 0.15) is 11.5 Å². The summed E-state index contributed by atoms with van der Waals surface area (Å²) in [6.07, 6.45) is -4.60. The van der Waals surface area contributed by atoms with Crippen LogP contribution in [0, 0.1) is 0 Å². The van der Waals surface area contributed by atoms with E-state index in [9.17, 15) is 22.8 Å². The van der Waals surface area contributed by atoms with E-state index in [1.165, 1.54) is 14.2 Å². The Hall–Kier alpha value is -3.94. The molecule has 0 aliphatic rings. The maximum Gasteiger partial charge on any atom is 0.416 e. The largest absolute Gasteiger partial charge is 0.497 e. The Kier molecular flexibility index (Phi) is 9.86. The number of amides is 2. The Balaban J connectivity index is 1.53. The summed E-state index contributed by atoms with van der Waals surface area (Å²) in [5.41, 5.74) is -0.274. The molecule has 15 heteroatoms. The standard InChI is InChI=1S/C27H22Cl2F3N5O4S/c1-40-19-8-15(9-20(12-19)41-2)25(39)33-13-23-35-36-26(37(23)18-5-3-4-17(28)11-18)42-14-24(38)34-22-10-16(27(30,31)32)6-7-21(22)29/h3-12H,13-14H2,1-2H3,(H,33,39)(H,34,38). The highest BCUT2D eigenvalue weighted by Crippen LogP contribution is 2.34. The summed E-state index contributed by atoms with van der Waals surface area (Å²) < 4.78 is 51.3. The van der Waals surface area contributed by atoms with Crippen LogP contribution in [0.1, 0.15) is 21.7 Å². The molecule has 220 valence electrons. The van der Waals surface area contributed by atoms with E-state index in [-0.39, 0.29) is 28.2 Å². The lowest BCUT2D eigenvalue weighted by Crippen LogP contribution is -2.24. The molecule has 0 fully saturated rings. The second-order valence-electron chi connectivity index (χ2n) is 8.53. The van der Waals surface area contributed by atoms with Crippen molar-refractivity contribution in [3.63, 3.8) is 0 Å². The molecule has 9 nitrogen and oxygen atoms in total. The average molecular weight is 640 g/mol. The van der Waals surface area contributed by atoms with E-state index in [1.807, 2.05) is 0 Å². The van der Waals surface area contributed by atoms with Crippen LogP contribution in [0.25, 0.3) is 5.69 Å². The fourth-order valence-corrected chi connectivity index (χ4v) is 4.82. The number of benzene rings is 3. The van der Waals surface area contributed by atoms with E-state index in [4.69, 9.17) is 32.7 Å². The maximum absolute atomic E-state index is 13.1. The highest BCUT2D eigenvalue weighted by Gasteiger charge is 2.31. The number of hydrogen-bond donors (Lipinski definition) is 2. The third-order valence-electron chi connectivity index (χ3n) is 5.69. The number of aromatic nitrogens is 3. The molecule has 42 heavy (non-hydrogen) atoms. The summed E-state index contributed by atoms with van der Waals surface area (Å²) in [6, 6.07) is 14.1. The van der Waals surface area contributed by atoms with Crippen LogP contribution in [0.3, 0.4) is 0 Å². The summed E-state index contributed by atoms with van der Waals surface area (Å²) in [7, 11) is 2.94. The van der Waals surface area contributed by atoms with Crippen LogP contribution in [-0.2, 0) is 17.5 Å². The molecular weight excluding hydrogens is 618 g/mol. The molecule has 0 saturated carbocycles. The third kappa shape index (κ3) is 7.66. The molecule has 0 saturated heterocycles. The van der Waals surface area contributed by atoms with Gasteiger partial charge < -0.3 is 20.1 Å². The van der Waals surface area contributed by atoms with Gasteiger partial charge in [-0.15, -0.1) is 10.2 Å². The number of ether oxygens (including phenoxy) is 2. The first kappa shape index (κ1) is 31.0. The number of nitrogens with zero attached hydrogens (tertiary/aromatic N) is 3. The Morgan fingerprint density at radius 2 is 1.69 bits per heavy atom. The second-order valence-corrected chi connectivity index (χ2v) is 10.3. The number of nitrogens with one attached hydrogen (secondary N) is 2. The Labute approximate surface area is 252 Å². The van der Waals surface area contributed by atoms with Crippen LogP contribution < -0.4 is 20.1 Å². The second kappa shape index (κ2) is 13.4. The van der Waals surface area contributed by atoms with E-state index in [2.05, 4.69) is 20.8 Å². The van der Waals surface area contributed by atoms with Crippen molar-refractivity contribution in [1.29, 1.82) is 0 Å². The summed E-state index contributed by atoms with van der Waals surface area (Å²) >= 11 is 13.2. The summed E-state index contributed by atoms with van der Waals surface area (Å²) in [5, 5.41) is 14.2. The summed E-state index contributed by atoms with van der Waals surface area (Å²) in [4.78, 5) is 25.6. The number of thioether (sulfide) groups is 1. The third-order valence-corrected chi connectivity index (χ3v) is 7.18. The molecule has 0 bridgehead atoms. The van der Waals surface area contributed by atoms with Crippen molar-refractivity contribution in [3.8, 4) is 17.2 Å². The van der Waals surface area contributed by atoms with Crippen LogP contribution in [0.15, 0.2) is 65.8 Å². The average Bonchev–Trinajstić information content (AvgIpc) is 3.37. The molecule has 0 atom stereocenters. The normalized spacial score (nSPS) is 11.2. The molecule has 0 aliphatic carbocycles. The number of alkyl halides is 3. The van der Waals surface area contributed by atoms with Crippen molar-refractivity contribution in [2.75, 3.05) is 25.3 Å². The molecule has 1 aromatic heterocycles. The number of rotatable bonds is 10. The zero-order valence-corrected chi connectivity index (χ0v) is 24.3. The molecule has 4 aromatic rings. The van der Waals surface area contributed by atoms with Crippen molar-refractivity contribution in [2.45, 2.75) is 17.9 Å². The van der Waals surface area contributed by atoms with Gasteiger partial charge in [-0.25, -0.2) is 0 Å². The van der Waals surface area contributed by atoms with Gasteiger partial charge in [-0.3, -0.25) is 14.2 Å². The van der Waals surface area contributed by atoms with Crippen molar-refractivity contribution in [2.24, 2.45) is 0 Å². The first-order valence-corrected chi connectivity index (χ1v) is 13.7. The highest BCUT2D eigenvalue weighted by atomic mass is 35.5. The van der Waals surface area contributed by atoms with Gasteiger partial charge >= 0.3 is 6.18 Å². The Morgan fingerprint density at radius 3 is 2.33 bits per heavy atom. The molecule has 0 unspecified atom stereocenters. The molecule has 2 N–H and O–H groups in total. The minimum atomic E-state index is -4.60. The molecular formula is C27H22Cl2F3N5O4S. The van der Waals surface area contributed by atoms with Crippen LogP contribution in [0.2, 0.25) is 10.0 Å². The van der Waals surface area contributed by atoms with Crippen molar-refractivity contribution in [1.82, 2.24) is 20.1 Å². The first-order valence-electron chi connectivity index (χ1n) is 12.0. The zero-order chi connectivity index (χ0) is 30.4. The molecule has 1 heterocycles. The van der Waals surface area contributed by atoms with Gasteiger partial charge in [0.05, 0.1) is 48.5 Å². The number of anilines is 1. The van der Waals surface area contributed by atoms with Gasteiger partial charge in [0.15, 0.2) is 11.0 Å². The lowest BCUT2D eigenvalue weighted by atomic mass is 10.2. The fourth-order valence-electron chi connectivity index (χ4n) is 3.70. The van der Waals surface area contributed by atoms with Crippen LogP contribution in [0.5, 0.6) is 11.5 Å². The van der Waals surface area contributed by atoms with Gasteiger partial charge in [-0.05, 0) is 48.5 Å². The molecule has 3 aromatic carbocycles. The van der Waals surface area contributed by atoms with E-state index in [0.717, 1.165) is 30.0 Å². The number of carbonyl (C=O) groups excluding carboxylic acids is 2. The lowest BCUT2D eigenvalue weighted by molar-refractivity contribution is -0.137.